The van der Waals surface area contributed by atoms with E-state index in [1.807, 2.05) is 28.0 Å². The largest absolute Gasteiger partial charge is 0.434 e. The van der Waals surface area contributed by atoms with Crippen LogP contribution in [0, 0.1) is 0 Å². The maximum absolute atomic E-state index is 12.6. The van der Waals surface area contributed by atoms with Crippen LogP contribution in [-0.4, -0.2) is 163 Å². The summed E-state index contributed by atoms with van der Waals surface area (Å²) in [5, 5.41) is 11.9. The van der Waals surface area contributed by atoms with Gasteiger partial charge in [0.1, 0.15) is 0 Å². The number of ether oxygens (including phenoxy) is 1. The lowest BCUT2D eigenvalue weighted by atomic mass is 10.1. The Labute approximate surface area is 377 Å². The Morgan fingerprint density at radius 1 is 0.569 bits per heavy atom. The van der Waals surface area contributed by atoms with Crippen molar-refractivity contribution in [2.75, 3.05) is 78.5 Å². The lowest BCUT2D eigenvalue weighted by Crippen LogP contribution is -2.52. The Morgan fingerprint density at radius 3 is 1.26 bits per heavy atom. The van der Waals surface area contributed by atoms with Gasteiger partial charge in [0.2, 0.25) is 6.10 Å². The van der Waals surface area contributed by atoms with Crippen LogP contribution >= 0.6 is 23.2 Å². The molecule has 4 saturated heterocycles. The summed E-state index contributed by atoms with van der Waals surface area (Å²) in [6.07, 6.45) is -28.7. The van der Waals surface area contributed by atoms with Crippen LogP contribution < -0.4 is 5.32 Å². The molecular weight excluding hydrogens is 943 g/mol. The van der Waals surface area contributed by atoms with Gasteiger partial charge in [0.25, 0.3) is 17.9 Å². The number of hydrogen-bond acceptors (Lipinski definition) is 8. The first-order valence-corrected chi connectivity index (χ1v) is 20.7. The van der Waals surface area contributed by atoms with Crippen LogP contribution in [-0.2, 0) is 17.8 Å². The SMILES string of the molecule is C.O=C(OC(C(F)(F)F)C(F)(F)F)N1CCN(Cc2ccc(C(=O)N3CCCC3)cc2Cl)CC1.O=C(c1ccc(CN2CCNCC2)c(Cl)c1)N1CCCC1.OC(C(F)(F)F)C(F)(F)F. The highest BCUT2D eigenvalue weighted by molar-refractivity contribution is 6.32. The molecule has 2 N–H and O–H groups in total. The fraction of sp³-hybridized carbons (Fsp3) is 0.625. The molecule has 368 valence electrons. The molecule has 2 aromatic carbocycles. The molecule has 4 aliphatic rings. The summed E-state index contributed by atoms with van der Waals surface area (Å²) in [7, 11) is 0. The van der Waals surface area contributed by atoms with Crippen LogP contribution in [0.2, 0.25) is 10.0 Å². The second-order valence-electron chi connectivity index (χ2n) is 15.2. The average Bonchev–Trinajstić information content (AvgIpc) is 3.97. The van der Waals surface area contributed by atoms with Crippen LogP contribution in [0.4, 0.5) is 57.5 Å². The molecule has 0 atom stereocenters. The average molecular weight is 994 g/mol. The zero-order chi connectivity index (χ0) is 47.6. The number of carbonyl (C=O) groups is 3. The van der Waals surface area contributed by atoms with Crippen LogP contribution in [0.15, 0.2) is 36.4 Å². The minimum absolute atomic E-state index is 0. The number of aliphatic hydroxyl groups excluding tert-OH is 1. The number of alkyl halides is 12. The van der Waals surface area contributed by atoms with Gasteiger partial charge in [-0.05, 0) is 61.1 Å². The summed E-state index contributed by atoms with van der Waals surface area (Å²) in [6, 6.07) is 10.7. The van der Waals surface area contributed by atoms with Crippen LogP contribution in [0.3, 0.4) is 0 Å². The predicted octanol–water partition coefficient (Wildman–Crippen LogP) is 8.41. The minimum Gasteiger partial charge on any atom is -0.426 e. The zero-order valence-electron chi connectivity index (χ0n) is 34.0. The van der Waals surface area contributed by atoms with E-state index in [9.17, 15) is 67.1 Å². The van der Waals surface area contributed by atoms with Crippen molar-refractivity contribution >= 4 is 41.1 Å². The molecule has 4 heterocycles. The number of amides is 3. The van der Waals surface area contributed by atoms with Gasteiger partial charge in [-0.15, -0.1) is 0 Å². The van der Waals surface area contributed by atoms with Gasteiger partial charge in [-0.2, -0.15) is 52.7 Å². The van der Waals surface area contributed by atoms with Crippen molar-refractivity contribution in [3.05, 3.63) is 68.7 Å². The van der Waals surface area contributed by atoms with E-state index >= 15 is 0 Å². The smallest absolute Gasteiger partial charge is 0.426 e. The van der Waals surface area contributed by atoms with Gasteiger partial charge in [0, 0.05) is 113 Å². The molecule has 25 heteroatoms. The molecule has 65 heavy (non-hydrogen) atoms. The maximum Gasteiger partial charge on any atom is 0.434 e. The van der Waals surface area contributed by atoms with Crippen molar-refractivity contribution in [1.29, 1.82) is 0 Å². The van der Waals surface area contributed by atoms with Crippen molar-refractivity contribution in [2.45, 2.75) is 83.1 Å². The Balaban J connectivity index is 0.000000298. The molecule has 6 rings (SSSR count). The van der Waals surface area contributed by atoms with E-state index in [0.29, 0.717) is 46.4 Å². The quantitative estimate of drug-likeness (QED) is 0.267. The standard InChI is InChI=1S/C20H22ClF6N3O3.C16H22ClN3O.C3H2F6O.CH4/c21-15-11-13(16(31)29-5-1-2-6-29)3-4-14(15)12-28-7-9-30(10-8-28)18(32)33-17(19(22,23)24)20(25,26)27;17-15-11-13(16(21)20-7-1-2-8-20)3-4-14(15)12-19-9-5-18-6-10-19;4-2(5,6)1(10)3(7,8)9;/h3-4,11,17H,1-2,5-10,12H2;3-4,11,18H,1-2,5-10,12H2;1,10H;1H4. The number of nitrogens with one attached hydrogen (secondary N) is 1. The molecule has 0 aliphatic carbocycles. The third kappa shape index (κ3) is 16.8. The molecule has 0 radical (unpaired) electrons. The fourth-order valence-corrected chi connectivity index (χ4v) is 7.42. The number of piperazine rings is 2. The first-order valence-electron chi connectivity index (χ1n) is 20.0. The first-order chi connectivity index (χ1) is 29.8. The van der Waals surface area contributed by atoms with Crippen LogP contribution in [0.1, 0.15) is 65.0 Å². The maximum atomic E-state index is 12.6. The van der Waals surface area contributed by atoms with Gasteiger partial charge in [-0.25, -0.2) is 4.79 Å². The molecule has 2 aromatic rings. The lowest BCUT2D eigenvalue weighted by Gasteiger charge is -2.35. The zero-order valence-corrected chi connectivity index (χ0v) is 35.5. The molecular formula is C40H50Cl2F12N6O5. The molecule has 0 spiro atoms. The van der Waals surface area contributed by atoms with E-state index in [1.54, 1.807) is 23.1 Å². The summed E-state index contributed by atoms with van der Waals surface area (Å²) in [5.74, 6) is 0.0206. The van der Waals surface area contributed by atoms with Crippen LogP contribution in [0.5, 0.6) is 0 Å². The van der Waals surface area contributed by atoms with Gasteiger partial charge >= 0.3 is 30.8 Å². The van der Waals surface area contributed by atoms with Crippen molar-refractivity contribution in [3.8, 4) is 0 Å². The number of likely N-dealkylation sites (tertiary alicyclic amines) is 2. The van der Waals surface area contributed by atoms with Gasteiger partial charge in [-0.1, -0.05) is 42.8 Å². The fourth-order valence-electron chi connectivity index (χ4n) is 6.94. The number of rotatable bonds is 7. The molecule has 3 amide bonds. The van der Waals surface area contributed by atoms with E-state index in [2.05, 4.69) is 15.0 Å². The summed E-state index contributed by atoms with van der Waals surface area (Å²) >= 11 is 12.7. The lowest BCUT2D eigenvalue weighted by molar-refractivity contribution is -0.309. The topological polar surface area (TPSA) is 109 Å². The summed E-state index contributed by atoms with van der Waals surface area (Å²) < 4.78 is 145. The number of hydrogen-bond donors (Lipinski definition) is 2. The van der Waals surface area contributed by atoms with E-state index in [-0.39, 0.29) is 45.4 Å². The highest BCUT2D eigenvalue weighted by Crippen LogP contribution is 2.36. The Bertz CT molecular complexity index is 1830. The number of benzene rings is 2. The highest BCUT2D eigenvalue weighted by atomic mass is 35.5. The molecule has 11 nitrogen and oxygen atoms in total. The van der Waals surface area contributed by atoms with Crippen molar-refractivity contribution in [3.63, 3.8) is 0 Å². The first kappa shape index (κ1) is 55.6. The summed E-state index contributed by atoms with van der Waals surface area (Å²) in [4.78, 5) is 45.4. The van der Waals surface area contributed by atoms with Gasteiger partial charge in [0.15, 0.2) is 0 Å². The third-order valence-electron chi connectivity index (χ3n) is 10.4. The van der Waals surface area contributed by atoms with E-state index in [4.69, 9.17) is 28.3 Å². The van der Waals surface area contributed by atoms with E-state index in [0.717, 1.165) is 82.0 Å². The number of nitrogens with zero attached hydrogens (tertiary/aromatic N) is 5. The predicted molar refractivity (Wildman–Crippen MR) is 215 cm³/mol. The second kappa shape index (κ2) is 23.8. The Kier molecular flexibility index (Phi) is 20.3. The third-order valence-corrected chi connectivity index (χ3v) is 11.2. The molecule has 0 aromatic heterocycles. The van der Waals surface area contributed by atoms with E-state index < -0.39 is 43.0 Å². The van der Waals surface area contributed by atoms with Gasteiger partial charge in [0.05, 0.1) is 0 Å². The number of carbonyl (C=O) groups excluding carboxylic acids is 3. The molecule has 4 fully saturated rings. The normalized spacial score (nSPS) is 17.9. The number of halogens is 14. The van der Waals surface area contributed by atoms with Gasteiger partial charge in [-0.3, -0.25) is 19.4 Å². The minimum atomic E-state index is -5.76. The molecule has 0 unspecified atom stereocenters. The Hall–Kier alpha value is -3.77. The van der Waals surface area contributed by atoms with E-state index in [1.165, 1.54) is 0 Å². The second-order valence-corrected chi connectivity index (χ2v) is 16.0. The Morgan fingerprint density at radius 2 is 0.938 bits per heavy atom. The van der Waals surface area contributed by atoms with Gasteiger partial charge < -0.3 is 29.9 Å². The summed E-state index contributed by atoms with van der Waals surface area (Å²) in [5.41, 5.74) is 3.00. The summed E-state index contributed by atoms with van der Waals surface area (Å²) in [6.45, 7) is 8.70. The monoisotopic (exact) mass is 992 g/mol. The van der Waals surface area contributed by atoms with Crippen molar-refractivity contribution in [1.82, 2.24) is 29.8 Å². The van der Waals surface area contributed by atoms with Crippen molar-refractivity contribution < 1.29 is 76.9 Å². The molecule has 0 saturated carbocycles. The molecule has 0 bridgehead atoms. The van der Waals surface area contributed by atoms with Crippen LogP contribution in [0.25, 0.3) is 0 Å². The number of aliphatic hydroxyl groups is 1. The highest BCUT2D eigenvalue weighted by Gasteiger charge is 2.60. The molecule has 4 aliphatic heterocycles. The van der Waals surface area contributed by atoms with Crippen molar-refractivity contribution in [2.24, 2.45) is 0 Å².